The van der Waals surface area contributed by atoms with E-state index < -0.39 is 21.5 Å². The van der Waals surface area contributed by atoms with Crippen LogP contribution in [0.25, 0.3) is 0 Å². The van der Waals surface area contributed by atoms with E-state index in [9.17, 15) is 13.2 Å². The summed E-state index contributed by atoms with van der Waals surface area (Å²) in [6.45, 7) is 5.56. The molecule has 0 aromatic heterocycles. The van der Waals surface area contributed by atoms with E-state index in [-0.39, 0.29) is 21.5 Å². The first-order valence-corrected chi connectivity index (χ1v) is 9.81. The number of hydrogen-bond acceptors (Lipinski definition) is 4. The highest BCUT2D eigenvalue weighted by Crippen LogP contribution is 2.25. The second kappa shape index (κ2) is 7.65. The van der Waals surface area contributed by atoms with Crippen LogP contribution in [0.2, 0.25) is 5.02 Å². The van der Waals surface area contributed by atoms with Gasteiger partial charge in [0.05, 0.1) is 21.6 Å². The summed E-state index contributed by atoms with van der Waals surface area (Å²) < 4.78 is 27.6. The Bertz CT molecular complexity index is 908. The monoisotopic (exact) mass is 395 g/mol. The molecule has 1 atom stereocenters. The van der Waals surface area contributed by atoms with E-state index in [0.717, 1.165) is 0 Å². The van der Waals surface area contributed by atoms with Crippen LogP contribution in [0.4, 0.5) is 11.4 Å². The molecule has 2 rings (SSSR count). The van der Waals surface area contributed by atoms with E-state index >= 15 is 0 Å². The summed E-state index contributed by atoms with van der Waals surface area (Å²) in [5.41, 5.74) is 6.13. The average Bonchev–Trinajstić information content (AvgIpc) is 2.55. The summed E-state index contributed by atoms with van der Waals surface area (Å²) in [7, 11) is -3.86. The highest BCUT2D eigenvalue weighted by molar-refractivity contribution is 7.92. The fourth-order valence-electron chi connectivity index (χ4n) is 2.10. The third kappa shape index (κ3) is 4.97. The Labute approximate surface area is 158 Å². The molecule has 0 fully saturated rings. The van der Waals surface area contributed by atoms with Gasteiger partial charge in [0, 0.05) is 5.69 Å². The molecule has 6 nitrogen and oxygen atoms in total. The Kier molecular flexibility index (Phi) is 5.95. The molecule has 0 aliphatic heterocycles. The number of carbonyl (C=O) groups excluding carboxylic acids is 1. The molecule has 0 saturated heterocycles. The third-order valence-electron chi connectivity index (χ3n) is 3.75. The van der Waals surface area contributed by atoms with Crippen LogP contribution in [0.1, 0.15) is 20.8 Å². The van der Waals surface area contributed by atoms with Crippen molar-refractivity contribution in [3.8, 4) is 0 Å². The number of halogens is 1. The summed E-state index contributed by atoms with van der Waals surface area (Å²) in [5, 5.41) is 2.94. The Morgan fingerprint density at radius 3 is 2.38 bits per heavy atom. The van der Waals surface area contributed by atoms with Gasteiger partial charge in [-0.25, -0.2) is 8.42 Å². The van der Waals surface area contributed by atoms with E-state index in [1.807, 2.05) is 20.8 Å². The summed E-state index contributed by atoms with van der Waals surface area (Å²) in [6, 6.07) is 11.7. The third-order valence-corrected chi connectivity index (χ3v) is 5.44. The van der Waals surface area contributed by atoms with Crippen molar-refractivity contribution in [3.05, 3.63) is 53.6 Å². The van der Waals surface area contributed by atoms with E-state index in [2.05, 4.69) is 10.0 Å². The lowest BCUT2D eigenvalue weighted by molar-refractivity contribution is -0.119. The van der Waals surface area contributed by atoms with Gasteiger partial charge in [0.2, 0.25) is 5.91 Å². The minimum atomic E-state index is -3.86. The molecule has 0 radical (unpaired) electrons. The summed E-state index contributed by atoms with van der Waals surface area (Å²) in [4.78, 5) is 12.2. The molecule has 2 aromatic carbocycles. The van der Waals surface area contributed by atoms with Crippen LogP contribution < -0.4 is 15.8 Å². The zero-order chi connectivity index (χ0) is 19.5. The molecule has 1 amide bonds. The van der Waals surface area contributed by atoms with Crippen molar-refractivity contribution in [1.29, 1.82) is 0 Å². The van der Waals surface area contributed by atoms with Crippen molar-refractivity contribution in [2.24, 2.45) is 11.1 Å². The molecule has 4 N–H and O–H groups in total. The number of rotatable bonds is 5. The molecular formula is C18H22ClN3O3S. The Morgan fingerprint density at radius 1 is 1.12 bits per heavy atom. The molecule has 0 saturated carbocycles. The molecule has 0 spiro atoms. The molecule has 0 unspecified atom stereocenters. The number of anilines is 2. The molecule has 26 heavy (non-hydrogen) atoms. The topological polar surface area (TPSA) is 101 Å². The number of para-hydroxylation sites is 1. The standard InChI is InChI=1S/C18H22ClN3O3S/c1-18(2,3)16(20)17(23)21-12-7-6-8-13(11-12)26(24,25)22-15-10-5-4-9-14(15)19/h4-11,16,22H,20H2,1-3H3,(H,21,23)/t16-/m1/s1. The Balaban J connectivity index is 2.23. The van der Waals surface area contributed by atoms with Crippen molar-refractivity contribution >= 4 is 38.9 Å². The minimum Gasteiger partial charge on any atom is -0.325 e. The van der Waals surface area contributed by atoms with Gasteiger partial charge in [0.15, 0.2) is 0 Å². The maximum atomic E-state index is 12.6. The lowest BCUT2D eigenvalue weighted by Gasteiger charge is -2.25. The lowest BCUT2D eigenvalue weighted by Crippen LogP contribution is -2.45. The van der Waals surface area contributed by atoms with Gasteiger partial charge in [-0.05, 0) is 35.7 Å². The summed E-state index contributed by atoms with van der Waals surface area (Å²) >= 11 is 6.00. The zero-order valence-corrected chi connectivity index (χ0v) is 16.4. The van der Waals surface area contributed by atoms with Gasteiger partial charge in [0.1, 0.15) is 0 Å². The summed E-state index contributed by atoms with van der Waals surface area (Å²) in [5.74, 6) is -0.383. The maximum absolute atomic E-state index is 12.6. The normalized spacial score (nSPS) is 13.1. The predicted molar refractivity (Wildman–Crippen MR) is 105 cm³/mol. The van der Waals surface area contributed by atoms with E-state index in [1.165, 1.54) is 12.1 Å². The lowest BCUT2D eigenvalue weighted by atomic mass is 9.87. The fourth-order valence-corrected chi connectivity index (χ4v) is 3.47. The number of nitrogens with two attached hydrogens (primary N) is 1. The smallest absolute Gasteiger partial charge is 0.262 e. The van der Waals surface area contributed by atoms with Crippen molar-refractivity contribution in [1.82, 2.24) is 0 Å². The highest BCUT2D eigenvalue weighted by atomic mass is 35.5. The molecule has 8 heteroatoms. The van der Waals surface area contributed by atoms with Crippen molar-refractivity contribution in [2.45, 2.75) is 31.7 Å². The average molecular weight is 396 g/mol. The maximum Gasteiger partial charge on any atom is 0.262 e. The molecular weight excluding hydrogens is 374 g/mol. The van der Waals surface area contributed by atoms with Crippen LogP contribution in [0.5, 0.6) is 0 Å². The SMILES string of the molecule is CC(C)(C)[C@H](N)C(=O)Nc1cccc(S(=O)(=O)Nc2ccccc2Cl)c1. The van der Waals surface area contributed by atoms with Gasteiger partial charge < -0.3 is 11.1 Å². The van der Waals surface area contributed by atoms with Gasteiger partial charge in [0.25, 0.3) is 10.0 Å². The molecule has 2 aromatic rings. The molecule has 140 valence electrons. The van der Waals surface area contributed by atoms with Crippen LogP contribution in [0.3, 0.4) is 0 Å². The molecule has 0 aliphatic carbocycles. The number of nitrogens with one attached hydrogen (secondary N) is 2. The van der Waals surface area contributed by atoms with Crippen molar-refractivity contribution < 1.29 is 13.2 Å². The van der Waals surface area contributed by atoms with Crippen LogP contribution in [-0.4, -0.2) is 20.4 Å². The predicted octanol–water partition coefficient (Wildman–Crippen LogP) is 3.45. The van der Waals surface area contributed by atoms with Gasteiger partial charge >= 0.3 is 0 Å². The quantitative estimate of drug-likeness (QED) is 0.721. The summed E-state index contributed by atoms with van der Waals surface area (Å²) in [6.07, 6.45) is 0. The zero-order valence-electron chi connectivity index (χ0n) is 14.8. The Morgan fingerprint density at radius 2 is 1.77 bits per heavy atom. The van der Waals surface area contributed by atoms with Gasteiger partial charge in [-0.2, -0.15) is 0 Å². The number of benzene rings is 2. The second-order valence-corrected chi connectivity index (χ2v) is 9.04. The van der Waals surface area contributed by atoms with E-state index in [1.54, 1.807) is 36.4 Å². The highest BCUT2D eigenvalue weighted by Gasteiger charge is 2.27. The fraction of sp³-hybridized carbons (Fsp3) is 0.278. The van der Waals surface area contributed by atoms with E-state index in [0.29, 0.717) is 5.69 Å². The Hall–Kier alpha value is -2.09. The largest absolute Gasteiger partial charge is 0.325 e. The minimum absolute atomic E-state index is 0.000417. The van der Waals surface area contributed by atoms with Gasteiger partial charge in [-0.15, -0.1) is 0 Å². The van der Waals surface area contributed by atoms with E-state index in [4.69, 9.17) is 17.3 Å². The number of sulfonamides is 1. The molecule has 0 heterocycles. The second-order valence-electron chi connectivity index (χ2n) is 6.95. The number of carbonyl (C=O) groups is 1. The van der Waals surface area contributed by atoms with Crippen LogP contribution >= 0.6 is 11.6 Å². The first kappa shape index (κ1) is 20.2. The van der Waals surface area contributed by atoms with Crippen LogP contribution in [0, 0.1) is 5.41 Å². The molecule has 0 aliphatic rings. The molecule has 0 bridgehead atoms. The number of hydrogen-bond donors (Lipinski definition) is 3. The van der Waals surface area contributed by atoms with Crippen LogP contribution in [-0.2, 0) is 14.8 Å². The first-order chi connectivity index (χ1) is 12.0. The van der Waals surface area contributed by atoms with Gasteiger partial charge in [-0.3, -0.25) is 9.52 Å². The van der Waals surface area contributed by atoms with Gasteiger partial charge in [-0.1, -0.05) is 50.6 Å². The first-order valence-electron chi connectivity index (χ1n) is 7.94. The van der Waals surface area contributed by atoms with Crippen molar-refractivity contribution in [2.75, 3.05) is 10.0 Å². The number of amides is 1. The van der Waals surface area contributed by atoms with Crippen molar-refractivity contribution in [3.63, 3.8) is 0 Å². The van der Waals surface area contributed by atoms with Crippen LogP contribution in [0.15, 0.2) is 53.4 Å².